The van der Waals surface area contributed by atoms with E-state index in [1.807, 2.05) is 25.2 Å². The molecule has 2 rings (SSSR count). The average molecular weight is 192 g/mol. The first-order valence-corrected chi connectivity index (χ1v) is 4.87. The smallest absolute Gasteiger partial charge is 0.119 e. The number of nitrogens with one attached hydrogen (secondary N) is 1. The summed E-state index contributed by atoms with van der Waals surface area (Å²) in [5.74, 6) is 1.45. The van der Waals surface area contributed by atoms with Crippen LogP contribution in [-0.2, 0) is 0 Å². The molecule has 1 aromatic rings. The molecule has 0 amide bonds. The molecule has 0 heterocycles. The van der Waals surface area contributed by atoms with Crippen LogP contribution < -0.4 is 15.8 Å². The number of ether oxygens (including phenoxy) is 1. The number of hydrogen-bond acceptors (Lipinski definition) is 3. The van der Waals surface area contributed by atoms with Gasteiger partial charge in [-0.1, -0.05) is 0 Å². The summed E-state index contributed by atoms with van der Waals surface area (Å²) in [6, 6.07) is 6.44. The molecule has 2 unspecified atom stereocenters. The zero-order chi connectivity index (χ0) is 10.1. The van der Waals surface area contributed by atoms with Gasteiger partial charge in [-0.25, -0.2) is 0 Å². The van der Waals surface area contributed by atoms with Crippen LogP contribution in [0.2, 0.25) is 0 Å². The SMILES string of the molecule is CNC1CC1c1cc(OC)ccc1N. The van der Waals surface area contributed by atoms with Gasteiger partial charge in [0, 0.05) is 17.6 Å². The topological polar surface area (TPSA) is 47.3 Å². The molecular formula is C11H16N2O. The summed E-state index contributed by atoms with van der Waals surface area (Å²) in [5.41, 5.74) is 8.00. The van der Waals surface area contributed by atoms with Gasteiger partial charge in [0.1, 0.15) is 5.75 Å². The summed E-state index contributed by atoms with van der Waals surface area (Å²) in [6.07, 6.45) is 1.17. The number of likely N-dealkylation sites (N-methyl/N-ethyl adjacent to an activating group) is 1. The van der Waals surface area contributed by atoms with E-state index in [2.05, 4.69) is 5.32 Å². The Balaban J connectivity index is 2.24. The van der Waals surface area contributed by atoms with E-state index < -0.39 is 0 Å². The molecular weight excluding hydrogens is 176 g/mol. The van der Waals surface area contributed by atoms with Crippen LogP contribution >= 0.6 is 0 Å². The van der Waals surface area contributed by atoms with Gasteiger partial charge in [0.15, 0.2) is 0 Å². The molecule has 0 aliphatic heterocycles. The second kappa shape index (κ2) is 3.50. The summed E-state index contributed by atoms with van der Waals surface area (Å²) < 4.78 is 5.18. The first-order valence-electron chi connectivity index (χ1n) is 4.87. The van der Waals surface area contributed by atoms with Crippen LogP contribution in [0.4, 0.5) is 5.69 Å². The summed E-state index contributed by atoms with van der Waals surface area (Å²) in [5, 5.41) is 3.26. The Kier molecular flexibility index (Phi) is 2.33. The highest BCUT2D eigenvalue weighted by molar-refractivity contribution is 5.54. The van der Waals surface area contributed by atoms with Crippen LogP contribution in [0.25, 0.3) is 0 Å². The zero-order valence-electron chi connectivity index (χ0n) is 8.58. The molecule has 1 saturated carbocycles. The number of rotatable bonds is 3. The van der Waals surface area contributed by atoms with Crippen molar-refractivity contribution < 1.29 is 4.74 Å². The van der Waals surface area contributed by atoms with Gasteiger partial charge < -0.3 is 15.8 Å². The zero-order valence-corrected chi connectivity index (χ0v) is 8.58. The largest absolute Gasteiger partial charge is 0.497 e. The van der Waals surface area contributed by atoms with Crippen molar-refractivity contribution in [2.24, 2.45) is 0 Å². The molecule has 3 heteroatoms. The predicted molar refractivity (Wildman–Crippen MR) is 57.6 cm³/mol. The Labute approximate surface area is 84.3 Å². The van der Waals surface area contributed by atoms with E-state index in [-0.39, 0.29) is 0 Å². The van der Waals surface area contributed by atoms with E-state index in [0.29, 0.717) is 12.0 Å². The Hall–Kier alpha value is -1.22. The van der Waals surface area contributed by atoms with Crippen molar-refractivity contribution in [1.82, 2.24) is 5.32 Å². The molecule has 0 radical (unpaired) electrons. The summed E-state index contributed by atoms with van der Waals surface area (Å²) >= 11 is 0. The lowest BCUT2D eigenvalue weighted by Crippen LogP contribution is -2.10. The van der Waals surface area contributed by atoms with Gasteiger partial charge >= 0.3 is 0 Å². The number of anilines is 1. The fraction of sp³-hybridized carbons (Fsp3) is 0.455. The lowest BCUT2D eigenvalue weighted by Gasteiger charge is -2.07. The van der Waals surface area contributed by atoms with Crippen molar-refractivity contribution in [2.75, 3.05) is 19.9 Å². The highest BCUT2D eigenvalue weighted by Gasteiger charge is 2.38. The van der Waals surface area contributed by atoms with Gasteiger partial charge in [-0.15, -0.1) is 0 Å². The summed E-state index contributed by atoms with van der Waals surface area (Å²) in [4.78, 5) is 0. The number of nitrogen functional groups attached to an aromatic ring is 1. The number of methoxy groups -OCH3 is 1. The molecule has 2 atom stereocenters. The molecule has 1 aliphatic carbocycles. The number of hydrogen-bond donors (Lipinski definition) is 2. The Morgan fingerprint density at radius 3 is 2.86 bits per heavy atom. The molecule has 3 nitrogen and oxygen atoms in total. The van der Waals surface area contributed by atoms with Crippen LogP contribution in [0, 0.1) is 0 Å². The lowest BCUT2D eigenvalue weighted by atomic mass is 10.1. The third-order valence-corrected chi connectivity index (χ3v) is 2.85. The number of nitrogens with two attached hydrogens (primary N) is 1. The Morgan fingerprint density at radius 2 is 2.29 bits per heavy atom. The van der Waals surface area contributed by atoms with Crippen LogP contribution in [0.15, 0.2) is 18.2 Å². The van der Waals surface area contributed by atoms with Gasteiger partial charge in [-0.2, -0.15) is 0 Å². The fourth-order valence-corrected chi connectivity index (χ4v) is 1.86. The third-order valence-electron chi connectivity index (χ3n) is 2.85. The van der Waals surface area contributed by atoms with Crippen molar-refractivity contribution in [3.63, 3.8) is 0 Å². The average Bonchev–Trinajstić information content (AvgIpc) is 2.98. The molecule has 14 heavy (non-hydrogen) atoms. The van der Waals surface area contributed by atoms with E-state index in [9.17, 15) is 0 Å². The molecule has 76 valence electrons. The second-order valence-corrected chi connectivity index (χ2v) is 3.73. The minimum atomic E-state index is 0.565. The second-order valence-electron chi connectivity index (χ2n) is 3.73. The van der Waals surface area contributed by atoms with Gasteiger partial charge in [-0.05, 0) is 37.2 Å². The normalized spacial score (nSPS) is 24.7. The van der Waals surface area contributed by atoms with E-state index in [4.69, 9.17) is 10.5 Å². The van der Waals surface area contributed by atoms with Crippen LogP contribution in [0.5, 0.6) is 5.75 Å². The highest BCUT2D eigenvalue weighted by atomic mass is 16.5. The van der Waals surface area contributed by atoms with Gasteiger partial charge in [0.2, 0.25) is 0 Å². The van der Waals surface area contributed by atoms with Crippen molar-refractivity contribution >= 4 is 5.69 Å². The quantitative estimate of drug-likeness (QED) is 0.711. The molecule has 0 saturated heterocycles. The molecule has 0 spiro atoms. The maximum Gasteiger partial charge on any atom is 0.119 e. The molecule has 1 fully saturated rings. The summed E-state index contributed by atoms with van der Waals surface area (Å²) in [7, 11) is 3.67. The van der Waals surface area contributed by atoms with Crippen molar-refractivity contribution in [2.45, 2.75) is 18.4 Å². The monoisotopic (exact) mass is 192 g/mol. The molecule has 1 aliphatic rings. The maximum atomic E-state index is 5.92. The van der Waals surface area contributed by atoms with Crippen LogP contribution in [0.1, 0.15) is 17.9 Å². The predicted octanol–water partition coefficient (Wildman–Crippen LogP) is 1.35. The van der Waals surface area contributed by atoms with Gasteiger partial charge in [-0.3, -0.25) is 0 Å². The third kappa shape index (κ3) is 1.55. The Bertz CT molecular complexity index is 338. The fourth-order valence-electron chi connectivity index (χ4n) is 1.86. The standard InChI is InChI=1S/C11H16N2O/c1-13-11-6-9(11)8-5-7(14-2)3-4-10(8)12/h3-5,9,11,13H,6,12H2,1-2H3. The molecule has 0 aromatic heterocycles. The van der Waals surface area contributed by atoms with E-state index >= 15 is 0 Å². The summed E-state index contributed by atoms with van der Waals surface area (Å²) in [6.45, 7) is 0. The van der Waals surface area contributed by atoms with Crippen LogP contribution in [-0.4, -0.2) is 20.2 Å². The van der Waals surface area contributed by atoms with Gasteiger partial charge in [0.25, 0.3) is 0 Å². The van der Waals surface area contributed by atoms with E-state index in [0.717, 1.165) is 11.4 Å². The number of benzene rings is 1. The van der Waals surface area contributed by atoms with Crippen LogP contribution in [0.3, 0.4) is 0 Å². The van der Waals surface area contributed by atoms with Crippen molar-refractivity contribution in [3.8, 4) is 5.75 Å². The van der Waals surface area contributed by atoms with Crippen molar-refractivity contribution in [3.05, 3.63) is 23.8 Å². The molecule has 1 aromatic carbocycles. The first-order chi connectivity index (χ1) is 6.76. The van der Waals surface area contributed by atoms with E-state index in [1.165, 1.54) is 12.0 Å². The van der Waals surface area contributed by atoms with Crippen molar-refractivity contribution in [1.29, 1.82) is 0 Å². The maximum absolute atomic E-state index is 5.92. The first kappa shape index (κ1) is 9.34. The molecule has 3 N–H and O–H groups in total. The Morgan fingerprint density at radius 1 is 1.50 bits per heavy atom. The minimum absolute atomic E-state index is 0.565. The highest BCUT2D eigenvalue weighted by Crippen LogP contribution is 2.43. The van der Waals surface area contributed by atoms with E-state index in [1.54, 1.807) is 7.11 Å². The lowest BCUT2D eigenvalue weighted by molar-refractivity contribution is 0.414. The molecule has 0 bridgehead atoms. The minimum Gasteiger partial charge on any atom is -0.497 e. The van der Waals surface area contributed by atoms with Gasteiger partial charge in [0.05, 0.1) is 7.11 Å².